The number of anilines is 1. The summed E-state index contributed by atoms with van der Waals surface area (Å²) in [4.78, 5) is 14.4. The third-order valence-corrected chi connectivity index (χ3v) is 6.01. The van der Waals surface area contributed by atoms with Gasteiger partial charge in [-0.25, -0.2) is 8.42 Å². The molecule has 1 N–H and O–H groups in total. The lowest BCUT2D eigenvalue weighted by Gasteiger charge is -2.27. The normalized spacial score (nSPS) is 14.4. The number of methoxy groups -OCH3 is 2. The molecule has 8 nitrogen and oxygen atoms in total. The number of morpholine rings is 1. The summed E-state index contributed by atoms with van der Waals surface area (Å²) in [6, 6.07) is 8.72. The Hall–Kier alpha value is -2.49. The van der Waals surface area contributed by atoms with Crippen molar-refractivity contribution in [2.45, 2.75) is 4.90 Å². The van der Waals surface area contributed by atoms with Crippen molar-refractivity contribution < 1.29 is 27.4 Å². The van der Waals surface area contributed by atoms with Gasteiger partial charge in [-0.05, 0) is 36.4 Å². The summed E-state index contributed by atoms with van der Waals surface area (Å²) in [5, 5.41) is 0.349. The second-order valence-electron chi connectivity index (χ2n) is 6.22. The summed E-state index contributed by atoms with van der Waals surface area (Å²) < 4.78 is 44.0. The van der Waals surface area contributed by atoms with Gasteiger partial charge in [0.2, 0.25) is 0 Å². The topological polar surface area (TPSA) is 94.2 Å². The van der Waals surface area contributed by atoms with Crippen LogP contribution in [0.5, 0.6) is 11.5 Å². The fraction of sp³-hybridized carbons (Fsp3) is 0.316. The Kier molecular flexibility index (Phi) is 6.51. The minimum atomic E-state index is -4.01. The fourth-order valence-corrected chi connectivity index (χ4v) is 4.18. The van der Waals surface area contributed by atoms with Gasteiger partial charge in [0, 0.05) is 18.1 Å². The first-order chi connectivity index (χ1) is 13.9. The predicted molar refractivity (Wildman–Crippen MR) is 109 cm³/mol. The largest absolute Gasteiger partial charge is 0.496 e. The molecule has 1 amide bonds. The molecule has 0 radical (unpaired) electrons. The summed E-state index contributed by atoms with van der Waals surface area (Å²) in [6.45, 7) is 1.72. The maximum atomic E-state index is 12.9. The van der Waals surface area contributed by atoms with Crippen molar-refractivity contribution in [1.82, 2.24) is 4.90 Å². The van der Waals surface area contributed by atoms with Gasteiger partial charge >= 0.3 is 0 Å². The first-order valence-electron chi connectivity index (χ1n) is 8.77. The molecule has 1 fully saturated rings. The molecule has 156 valence electrons. The van der Waals surface area contributed by atoms with Gasteiger partial charge in [-0.15, -0.1) is 0 Å². The molecule has 29 heavy (non-hydrogen) atoms. The van der Waals surface area contributed by atoms with Crippen molar-refractivity contribution in [3.8, 4) is 11.5 Å². The summed E-state index contributed by atoms with van der Waals surface area (Å²) >= 11 is 5.97. The molecule has 0 saturated carbocycles. The van der Waals surface area contributed by atoms with Crippen LogP contribution >= 0.6 is 11.6 Å². The number of carbonyl (C=O) groups is 1. The van der Waals surface area contributed by atoms with Gasteiger partial charge in [0.1, 0.15) is 11.5 Å². The Labute approximate surface area is 174 Å². The molecule has 0 bridgehead atoms. The van der Waals surface area contributed by atoms with Crippen LogP contribution in [0.1, 0.15) is 10.4 Å². The van der Waals surface area contributed by atoms with Gasteiger partial charge in [0.15, 0.2) is 0 Å². The van der Waals surface area contributed by atoms with Gasteiger partial charge in [-0.1, -0.05) is 11.6 Å². The maximum Gasteiger partial charge on any atom is 0.262 e. The lowest BCUT2D eigenvalue weighted by Crippen LogP contribution is -2.40. The highest BCUT2D eigenvalue weighted by atomic mass is 35.5. The molecule has 2 aromatic rings. The molecule has 0 spiro atoms. The second-order valence-corrected chi connectivity index (χ2v) is 8.34. The molecular formula is C19H21ClN2O6S. The Balaban J connectivity index is 1.95. The Morgan fingerprint density at radius 1 is 1.07 bits per heavy atom. The molecule has 0 unspecified atom stereocenters. The zero-order valence-electron chi connectivity index (χ0n) is 16.0. The van der Waals surface area contributed by atoms with E-state index in [1.165, 1.54) is 38.5 Å². The van der Waals surface area contributed by atoms with Crippen molar-refractivity contribution >= 4 is 33.2 Å². The molecule has 1 heterocycles. The lowest BCUT2D eigenvalue weighted by molar-refractivity contribution is 0.0300. The van der Waals surface area contributed by atoms with Crippen LogP contribution in [0, 0.1) is 0 Å². The minimum Gasteiger partial charge on any atom is -0.496 e. The maximum absolute atomic E-state index is 12.9. The highest BCUT2D eigenvalue weighted by Crippen LogP contribution is 2.31. The highest BCUT2D eigenvalue weighted by Gasteiger charge is 2.25. The van der Waals surface area contributed by atoms with E-state index in [0.29, 0.717) is 42.8 Å². The number of nitrogens with zero attached hydrogens (tertiary/aromatic N) is 1. The van der Waals surface area contributed by atoms with E-state index in [2.05, 4.69) is 4.72 Å². The van der Waals surface area contributed by atoms with E-state index in [4.69, 9.17) is 25.8 Å². The van der Waals surface area contributed by atoms with Crippen molar-refractivity contribution in [3.63, 3.8) is 0 Å². The van der Waals surface area contributed by atoms with Crippen LogP contribution < -0.4 is 14.2 Å². The third kappa shape index (κ3) is 4.75. The second kappa shape index (κ2) is 8.89. The number of sulfonamides is 1. The van der Waals surface area contributed by atoms with E-state index in [1.54, 1.807) is 17.0 Å². The first kappa shape index (κ1) is 21.2. The van der Waals surface area contributed by atoms with E-state index in [-0.39, 0.29) is 22.1 Å². The molecule has 0 aromatic heterocycles. The number of hydrogen-bond donors (Lipinski definition) is 1. The zero-order chi connectivity index (χ0) is 21.0. The van der Waals surface area contributed by atoms with Crippen LogP contribution in [0.15, 0.2) is 41.3 Å². The van der Waals surface area contributed by atoms with Gasteiger partial charge in [0.05, 0.1) is 43.6 Å². The van der Waals surface area contributed by atoms with E-state index in [0.717, 1.165) is 0 Å². The Bertz CT molecular complexity index is 1010. The van der Waals surface area contributed by atoms with Crippen LogP contribution in [-0.4, -0.2) is 59.7 Å². The molecule has 1 aliphatic rings. The van der Waals surface area contributed by atoms with Crippen molar-refractivity contribution in [2.75, 3.05) is 45.2 Å². The van der Waals surface area contributed by atoms with Crippen LogP contribution in [0.2, 0.25) is 5.02 Å². The zero-order valence-corrected chi connectivity index (χ0v) is 17.5. The van der Waals surface area contributed by atoms with Crippen molar-refractivity contribution in [2.24, 2.45) is 0 Å². The number of hydrogen-bond acceptors (Lipinski definition) is 6. The van der Waals surface area contributed by atoms with Crippen molar-refractivity contribution in [1.29, 1.82) is 0 Å². The van der Waals surface area contributed by atoms with E-state index in [1.807, 2.05) is 0 Å². The molecule has 1 saturated heterocycles. The summed E-state index contributed by atoms with van der Waals surface area (Å²) in [7, 11) is -1.16. The van der Waals surface area contributed by atoms with Crippen LogP contribution in [-0.2, 0) is 14.8 Å². The van der Waals surface area contributed by atoms with E-state index in [9.17, 15) is 13.2 Å². The minimum absolute atomic E-state index is 0.0862. The molecule has 0 aliphatic carbocycles. The fourth-order valence-electron chi connectivity index (χ4n) is 2.92. The summed E-state index contributed by atoms with van der Waals surface area (Å²) in [5.41, 5.74) is 0.354. The number of halogens is 1. The standard InChI is InChI=1S/C19H21ClN2O6S/c1-26-17-6-4-14(12-15(17)19(23)22-7-9-28-10-8-22)29(24,25)21-16-11-13(20)3-5-18(16)27-2/h3-6,11-12,21H,7-10H2,1-2H3. The average Bonchev–Trinajstić information content (AvgIpc) is 2.73. The van der Waals surface area contributed by atoms with E-state index >= 15 is 0 Å². The third-order valence-electron chi connectivity index (χ3n) is 4.42. The molecule has 10 heteroatoms. The quantitative estimate of drug-likeness (QED) is 0.742. The predicted octanol–water partition coefficient (Wildman–Crippen LogP) is 2.63. The molecule has 1 aliphatic heterocycles. The SMILES string of the molecule is COc1ccc(Cl)cc1NS(=O)(=O)c1ccc(OC)c(C(=O)N2CCOCC2)c1. The number of ether oxygens (including phenoxy) is 3. The lowest BCUT2D eigenvalue weighted by atomic mass is 10.1. The molecule has 0 atom stereocenters. The molecule has 2 aromatic carbocycles. The van der Waals surface area contributed by atoms with Gasteiger partial charge in [-0.2, -0.15) is 0 Å². The van der Waals surface area contributed by atoms with Crippen LogP contribution in [0.3, 0.4) is 0 Å². The number of carbonyl (C=O) groups excluding carboxylic acids is 1. The number of amides is 1. The number of nitrogens with one attached hydrogen (secondary N) is 1. The Morgan fingerprint density at radius 2 is 1.72 bits per heavy atom. The number of benzene rings is 2. The highest BCUT2D eigenvalue weighted by molar-refractivity contribution is 7.92. The molecular weight excluding hydrogens is 420 g/mol. The van der Waals surface area contributed by atoms with Crippen molar-refractivity contribution in [3.05, 3.63) is 47.0 Å². The summed E-state index contributed by atoms with van der Waals surface area (Å²) in [6.07, 6.45) is 0. The van der Waals surface area contributed by atoms with Gasteiger partial charge in [-0.3, -0.25) is 9.52 Å². The van der Waals surface area contributed by atoms with Crippen LogP contribution in [0.4, 0.5) is 5.69 Å². The first-order valence-corrected chi connectivity index (χ1v) is 10.6. The van der Waals surface area contributed by atoms with Gasteiger partial charge in [0.25, 0.3) is 15.9 Å². The number of rotatable bonds is 6. The molecule has 3 rings (SSSR count). The van der Waals surface area contributed by atoms with Gasteiger partial charge < -0.3 is 19.1 Å². The van der Waals surface area contributed by atoms with Crippen LogP contribution in [0.25, 0.3) is 0 Å². The average molecular weight is 441 g/mol. The smallest absolute Gasteiger partial charge is 0.262 e. The summed E-state index contributed by atoms with van der Waals surface area (Å²) in [5.74, 6) is 0.291. The monoisotopic (exact) mass is 440 g/mol. The van der Waals surface area contributed by atoms with E-state index < -0.39 is 10.0 Å². The Morgan fingerprint density at radius 3 is 2.38 bits per heavy atom.